The Kier molecular flexibility index (Phi) is 7.29. The number of hydrogen-bond acceptors (Lipinski definition) is 3. The molecule has 0 spiro atoms. The van der Waals surface area contributed by atoms with E-state index in [1.54, 1.807) is 4.90 Å². The number of benzene rings is 1. The number of nitrogens with two attached hydrogens (primary N) is 1. The van der Waals surface area contributed by atoms with Gasteiger partial charge >= 0.3 is 6.03 Å². The molecular formula is C19H29ClN4O2. The van der Waals surface area contributed by atoms with Gasteiger partial charge in [-0.2, -0.15) is 0 Å². The number of halogens is 1. The lowest BCUT2D eigenvalue weighted by atomic mass is 9.71. The summed E-state index contributed by atoms with van der Waals surface area (Å²) in [6.45, 7) is 1.97. The van der Waals surface area contributed by atoms with Gasteiger partial charge in [-0.1, -0.05) is 25.3 Å². The van der Waals surface area contributed by atoms with Crippen LogP contribution >= 0.6 is 12.4 Å². The van der Waals surface area contributed by atoms with Crippen LogP contribution < -0.4 is 21.3 Å². The molecule has 0 radical (unpaired) electrons. The van der Waals surface area contributed by atoms with Crippen molar-refractivity contribution in [2.45, 2.75) is 44.9 Å². The summed E-state index contributed by atoms with van der Waals surface area (Å²) in [5.41, 5.74) is 7.47. The predicted molar refractivity (Wildman–Crippen MR) is 107 cm³/mol. The zero-order valence-electron chi connectivity index (χ0n) is 15.1. The van der Waals surface area contributed by atoms with Crippen LogP contribution in [0.4, 0.5) is 16.2 Å². The maximum absolute atomic E-state index is 12.5. The Morgan fingerprint density at radius 3 is 2.69 bits per heavy atom. The molecule has 7 heteroatoms. The van der Waals surface area contributed by atoms with Gasteiger partial charge in [0.25, 0.3) is 0 Å². The zero-order valence-corrected chi connectivity index (χ0v) is 15.9. The van der Waals surface area contributed by atoms with Gasteiger partial charge in [-0.3, -0.25) is 9.69 Å². The highest BCUT2D eigenvalue weighted by Gasteiger charge is 2.33. The predicted octanol–water partition coefficient (Wildman–Crippen LogP) is 3.27. The lowest BCUT2D eigenvalue weighted by Crippen LogP contribution is -2.46. The Labute approximate surface area is 161 Å². The second kappa shape index (κ2) is 9.24. The van der Waals surface area contributed by atoms with Crippen molar-refractivity contribution in [3.05, 3.63) is 24.3 Å². The van der Waals surface area contributed by atoms with Crippen molar-refractivity contribution in [3.8, 4) is 0 Å². The largest absolute Gasteiger partial charge is 0.338 e. The SMILES string of the molecule is Cl.NCC1(CC(=O)Nc2cccc(N3CCCNC3=O)c2)CCCCC1. The van der Waals surface area contributed by atoms with Crippen LogP contribution in [0.5, 0.6) is 0 Å². The molecule has 1 aliphatic heterocycles. The molecule has 2 aliphatic rings. The average Bonchev–Trinajstić information content (AvgIpc) is 2.63. The van der Waals surface area contributed by atoms with Crippen LogP contribution in [0, 0.1) is 5.41 Å². The van der Waals surface area contributed by atoms with Crippen molar-refractivity contribution in [2.75, 3.05) is 29.9 Å². The first-order chi connectivity index (χ1) is 12.1. The van der Waals surface area contributed by atoms with Crippen LogP contribution in [0.2, 0.25) is 0 Å². The molecule has 0 bridgehead atoms. The molecule has 0 unspecified atom stereocenters. The molecule has 144 valence electrons. The van der Waals surface area contributed by atoms with Gasteiger partial charge in [-0.15, -0.1) is 12.4 Å². The fourth-order valence-electron chi connectivity index (χ4n) is 3.93. The summed E-state index contributed by atoms with van der Waals surface area (Å²) < 4.78 is 0. The van der Waals surface area contributed by atoms with Crippen LogP contribution in [0.15, 0.2) is 24.3 Å². The molecule has 1 saturated heterocycles. The summed E-state index contributed by atoms with van der Waals surface area (Å²) in [4.78, 5) is 26.2. The van der Waals surface area contributed by atoms with Crippen LogP contribution in [-0.4, -0.2) is 31.6 Å². The van der Waals surface area contributed by atoms with E-state index >= 15 is 0 Å². The van der Waals surface area contributed by atoms with Gasteiger partial charge < -0.3 is 16.4 Å². The van der Waals surface area contributed by atoms with E-state index in [-0.39, 0.29) is 29.8 Å². The van der Waals surface area contributed by atoms with Crippen LogP contribution in [0.1, 0.15) is 44.9 Å². The second-order valence-corrected chi connectivity index (χ2v) is 7.28. The number of anilines is 2. The Morgan fingerprint density at radius 2 is 2.00 bits per heavy atom. The van der Waals surface area contributed by atoms with Gasteiger partial charge in [0, 0.05) is 30.9 Å². The van der Waals surface area contributed by atoms with E-state index in [0.717, 1.165) is 43.5 Å². The molecule has 3 amide bonds. The van der Waals surface area contributed by atoms with Crippen molar-refractivity contribution in [1.82, 2.24) is 5.32 Å². The number of rotatable bonds is 5. The van der Waals surface area contributed by atoms with Crippen LogP contribution in [0.3, 0.4) is 0 Å². The fourth-order valence-corrected chi connectivity index (χ4v) is 3.93. The highest BCUT2D eigenvalue weighted by molar-refractivity contribution is 5.95. The molecule has 1 saturated carbocycles. The maximum atomic E-state index is 12.5. The van der Waals surface area contributed by atoms with Gasteiger partial charge in [0.05, 0.1) is 0 Å². The topological polar surface area (TPSA) is 87.5 Å². The number of nitrogens with zero attached hydrogens (tertiary/aromatic N) is 1. The molecule has 6 nitrogen and oxygen atoms in total. The standard InChI is InChI=1S/C19H28N4O2.ClH/c20-14-19(8-2-1-3-9-19)13-17(24)22-15-6-4-7-16(12-15)23-11-5-10-21-18(23)25;/h4,6-7,12H,1-3,5,8-11,13-14,20H2,(H,21,25)(H,22,24);1H. The summed E-state index contributed by atoms with van der Waals surface area (Å²) in [6, 6.07) is 7.40. The third kappa shape index (κ3) is 4.89. The van der Waals surface area contributed by atoms with E-state index < -0.39 is 0 Å². The van der Waals surface area contributed by atoms with Crippen molar-refractivity contribution in [3.63, 3.8) is 0 Å². The first-order valence-electron chi connectivity index (χ1n) is 9.27. The van der Waals surface area contributed by atoms with E-state index in [4.69, 9.17) is 5.73 Å². The molecule has 1 aliphatic carbocycles. The zero-order chi connectivity index (χ0) is 17.7. The first-order valence-corrected chi connectivity index (χ1v) is 9.27. The summed E-state index contributed by atoms with van der Waals surface area (Å²) in [6.07, 6.45) is 7.01. The first kappa shape index (κ1) is 20.5. The van der Waals surface area contributed by atoms with E-state index in [0.29, 0.717) is 26.1 Å². The molecule has 1 aromatic carbocycles. The van der Waals surface area contributed by atoms with Crippen molar-refractivity contribution < 1.29 is 9.59 Å². The lowest BCUT2D eigenvalue weighted by molar-refractivity contribution is -0.118. The lowest BCUT2D eigenvalue weighted by Gasteiger charge is -2.35. The highest BCUT2D eigenvalue weighted by Crippen LogP contribution is 2.38. The van der Waals surface area contributed by atoms with E-state index in [1.165, 1.54) is 6.42 Å². The molecule has 1 aromatic rings. The molecule has 2 fully saturated rings. The van der Waals surface area contributed by atoms with Crippen LogP contribution in [-0.2, 0) is 4.79 Å². The monoisotopic (exact) mass is 380 g/mol. The van der Waals surface area contributed by atoms with Crippen molar-refractivity contribution >= 4 is 35.7 Å². The number of carbonyl (C=O) groups excluding carboxylic acids is 2. The van der Waals surface area contributed by atoms with E-state index in [1.807, 2.05) is 24.3 Å². The third-order valence-electron chi connectivity index (χ3n) is 5.40. The fraction of sp³-hybridized carbons (Fsp3) is 0.579. The number of urea groups is 1. The van der Waals surface area contributed by atoms with E-state index in [2.05, 4.69) is 10.6 Å². The minimum atomic E-state index is -0.0842. The highest BCUT2D eigenvalue weighted by atomic mass is 35.5. The minimum absolute atomic E-state index is 0. The van der Waals surface area contributed by atoms with Crippen LogP contribution in [0.25, 0.3) is 0 Å². The Balaban J connectivity index is 0.00000243. The molecule has 4 N–H and O–H groups in total. The smallest absolute Gasteiger partial charge is 0.321 e. The molecule has 3 rings (SSSR count). The summed E-state index contributed by atoms with van der Waals surface area (Å²) in [5, 5.41) is 5.83. The molecule has 0 aromatic heterocycles. The second-order valence-electron chi connectivity index (χ2n) is 7.28. The molecule has 0 atom stereocenters. The third-order valence-corrected chi connectivity index (χ3v) is 5.40. The van der Waals surface area contributed by atoms with Crippen molar-refractivity contribution in [2.24, 2.45) is 11.1 Å². The van der Waals surface area contributed by atoms with Crippen molar-refractivity contribution in [1.29, 1.82) is 0 Å². The van der Waals surface area contributed by atoms with E-state index in [9.17, 15) is 9.59 Å². The summed E-state index contributed by atoms with van der Waals surface area (Å²) in [5.74, 6) is 0.00703. The van der Waals surface area contributed by atoms with Gasteiger partial charge in [0.15, 0.2) is 0 Å². The van der Waals surface area contributed by atoms with Gasteiger partial charge in [0.2, 0.25) is 5.91 Å². The van der Waals surface area contributed by atoms with Gasteiger partial charge in [-0.25, -0.2) is 4.79 Å². The molecule has 26 heavy (non-hydrogen) atoms. The molecular weight excluding hydrogens is 352 g/mol. The Bertz CT molecular complexity index is 632. The van der Waals surface area contributed by atoms with Gasteiger partial charge in [0.1, 0.15) is 0 Å². The number of nitrogens with one attached hydrogen (secondary N) is 2. The minimum Gasteiger partial charge on any atom is -0.338 e. The maximum Gasteiger partial charge on any atom is 0.321 e. The average molecular weight is 381 g/mol. The quantitative estimate of drug-likeness (QED) is 0.732. The Morgan fingerprint density at radius 1 is 1.23 bits per heavy atom. The number of amides is 3. The summed E-state index contributed by atoms with van der Waals surface area (Å²) >= 11 is 0. The number of hydrogen-bond donors (Lipinski definition) is 3. The summed E-state index contributed by atoms with van der Waals surface area (Å²) in [7, 11) is 0. The normalized spacial score (nSPS) is 19.3. The Hall–Kier alpha value is -1.79. The van der Waals surface area contributed by atoms with Gasteiger partial charge in [-0.05, 0) is 49.4 Å². The molecule has 1 heterocycles. The number of carbonyl (C=O) groups is 2.